The second-order valence-corrected chi connectivity index (χ2v) is 5.51. The molecule has 1 saturated carbocycles. The first kappa shape index (κ1) is 15.2. The SMILES string of the molecule is CC1CCCCC1N=C(C(=CN)C(N)=O)c1ccc(O)[nH]1. The maximum atomic E-state index is 11.6. The highest BCUT2D eigenvalue weighted by atomic mass is 16.3. The Morgan fingerprint density at radius 2 is 2.14 bits per heavy atom. The number of carbonyl (C=O) groups excluding carboxylic acids is 1. The predicted molar refractivity (Wildman–Crippen MR) is 81.9 cm³/mol. The van der Waals surface area contributed by atoms with E-state index >= 15 is 0 Å². The van der Waals surface area contributed by atoms with Crippen LogP contribution in [-0.4, -0.2) is 27.8 Å². The van der Waals surface area contributed by atoms with Crippen LogP contribution in [0.4, 0.5) is 0 Å². The number of hydrogen-bond acceptors (Lipinski definition) is 4. The average molecular weight is 290 g/mol. The zero-order valence-corrected chi connectivity index (χ0v) is 12.2. The fraction of sp³-hybridized carbons (Fsp3) is 0.467. The van der Waals surface area contributed by atoms with Gasteiger partial charge in [-0.25, -0.2) is 0 Å². The minimum absolute atomic E-state index is 0.00948. The van der Waals surface area contributed by atoms with Gasteiger partial charge in [-0.15, -0.1) is 0 Å². The quantitative estimate of drug-likeness (QED) is 0.496. The normalized spacial score (nSPS) is 24.0. The zero-order valence-electron chi connectivity index (χ0n) is 12.2. The fourth-order valence-electron chi connectivity index (χ4n) is 2.74. The second kappa shape index (κ2) is 6.47. The Kier molecular flexibility index (Phi) is 4.67. The van der Waals surface area contributed by atoms with Gasteiger partial charge >= 0.3 is 0 Å². The molecule has 1 heterocycles. The summed E-state index contributed by atoms with van der Waals surface area (Å²) in [5.41, 5.74) is 12.1. The Balaban J connectivity index is 2.42. The molecule has 6 heteroatoms. The average Bonchev–Trinajstić information content (AvgIpc) is 2.87. The van der Waals surface area contributed by atoms with Gasteiger partial charge in [-0.2, -0.15) is 0 Å². The molecule has 1 aromatic rings. The van der Waals surface area contributed by atoms with Gasteiger partial charge in [0.25, 0.3) is 5.91 Å². The van der Waals surface area contributed by atoms with Crippen LogP contribution in [0.15, 0.2) is 28.9 Å². The molecule has 1 fully saturated rings. The van der Waals surface area contributed by atoms with E-state index < -0.39 is 5.91 Å². The monoisotopic (exact) mass is 290 g/mol. The summed E-state index contributed by atoms with van der Waals surface area (Å²) in [6.07, 6.45) is 5.61. The van der Waals surface area contributed by atoms with Crippen molar-refractivity contribution in [1.82, 2.24) is 4.98 Å². The van der Waals surface area contributed by atoms with Crippen molar-refractivity contribution in [2.24, 2.45) is 22.4 Å². The van der Waals surface area contributed by atoms with Gasteiger partial charge < -0.3 is 21.6 Å². The second-order valence-electron chi connectivity index (χ2n) is 5.51. The summed E-state index contributed by atoms with van der Waals surface area (Å²) in [6.45, 7) is 2.16. The number of hydrogen-bond donors (Lipinski definition) is 4. The number of aromatic amines is 1. The van der Waals surface area contributed by atoms with Crippen LogP contribution in [0, 0.1) is 5.92 Å². The summed E-state index contributed by atoms with van der Waals surface area (Å²) in [4.78, 5) is 19.1. The summed E-state index contributed by atoms with van der Waals surface area (Å²) in [6, 6.07) is 3.30. The Hall–Kier alpha value is -2.24. The van der Waals surface area contributed by atoms with Gasteiger partial charge in [-0.1, -0.05) is 19.8 Å². The number of aliphatic imine (C=N–C) groups is 1. The number of aromatic hydroxyl groups is 1. The van der Waals surface area contributed by atoms with E-state index in [1.807, 2.05) is 0 Å². The molecule has 0 radical (unpaired) electrons. The van der Waals surface area contributed by atoms with E-state index in [2.05, 4.69) is 11.9 Å². The highest BCUT2D eigenvalue weighted by Gasteiger charge is 2.24. The van der Waals surface area contributed by atoms with Crippen LogP contribution in [-0.2, 0) is 4.79 Å². The molecule has 0 bridgehead atoms. The summed E-state index contributed by atoms with van der Waals surface area (Å²) >= 11 is 0. The number of nitrogens with two attached hydrogens (primary N) is 2. The molecular weight excluding hydrogens is 268 g/mol. The third-order valence-electron chi connectivity index (χ3n) is 3.97. The first-order chi connectivity index (χ1) is 10.0. The van der Waals surface area contributed by atoms with Gasteiger partial charge in [-0.05, 0) is 24.8 Å². The lowest BCUT2D eigenvalue weighted by Gasteiger charge is -2.26. The van der Waals surface area contributed by atoms with Crippen molar-refractivity contribution in [3.8, 4) is 5.88 Å². The molecule has 1 aliphatic carbocycles. The van der Waals surface area contributed by atoms with Crippen LogP contribution in [0.1, 0.15) is 38.3 Å². The first-order valence-corrected chi connectivity index (χ1v) is 7.21. The molecule has 1 aliphatic rings. The smallest absolute Gasteiger partial charge is 0.252 e. The van der Waals surface area contributed by atoms with E-state index in [0.29, 0.717) is 17.3 Å². The molecule has 1 amide bonds. The molecule has 2 unspecified atom stereocenters. The number of amides is 1. The number of nitrogens with one attached hydrogen (secondary N) is 1. The molecule has 2 rings (SSSR count). The molecule has 0 spiro atoms. The largest absolute Gasteiger partial charge is 0.495 e. The molecule has 1 aromatic heterocycles. The Bertz CT molecular complexity index is 574. The maximum absolute atomic E-state index is 11.6. The van der Waals surface area contributed by atoms with Crippen molar-refractivity contribution >= 4 is 11.6 Å². The fourth-order valence-corrected chi connectivity index (χ4v) is 2.74. The van der Waals surface area contributed by atoms with Crippen molar-refractivity contribution in [1.29, 1.82) is 0 Å². The molecular formula is C15H22N4O2. The van der Waals surface area contributed by atoms with Crippen LogP contribution in [0.2, 0.25) is 0 Å². The molecule has 0 aromatic carbocycles. The van der Waals surface area contributed by atoms with Gasteiger partial charge in [0.15, 0.2) is 5.88 Å². The van der Waals surface area contributed by atoms with Crippen molar-refractivity contribution < 1.29 is 9.90 Å². The maximum Gasteiger partial charge on any atom is 0.252 e. The first-order valence-electron chi connectivity index (χ1n) is 7.21. The van der Waals surface area contributed by atoms with Gasteiger partial charge in [0.1, 0.15) is 0 Å². The topological polar surface area (TPSA) is 117 Å². The standard InChI is InChI=1S/C15H22N4O2/c1-9-4-2-3-5-11(9)19-14(10(8-16)15(17)21)12-6-7-13(20)18-12/h6-9,11,18,20H,2-5,16H2,1H3,(H2,17,21). The Morgan fingerprint density at radius 1 is 1.43 bits per heavy atom. The summed E-state index contributed by atoms with van der Waals surface area (Å²) in [7, 11) is 0. The minimum Gasteiger partial charge on any atom is -0.495 e. The Labute approximate surface area is 123 Å². The van der Waals surface area contributed by atoms with E-state index in [-0.39, 0.29) is 17.5 Å². The molecule has 114 valence electrons. The lowest BCUT2D eigenvalue weighted by molar-refractivity contribution is -0.114. The van der Waals surface area contributed by atoms with Crippen molar-refractivity contribution in [2.75, 3.05) is 0 Å². The summed E-state index contributed by atoms with van der Waals surface area (Å²) in [5, 5.41) is 9.48. The van der Waals surface area contributed by atoms with Crippen molar-refractivity contribution in [3.63, 3.8) is 0 Å². The van der Waals surface area contributed by atoms with Crippen LogP contribution < -0.4 is 11.5 Å². The number of nitrogens with zero attached hydrogens (tertiary/aromatic N) is 1. The number of primary amides is 1. The van der Waals surface area contributed by atoms with Crippen LogP contribution in [0.5, 0.6) is 5.88 Å². The molecule has 0 aliphatic heterocycles. The van der Waals surface area contributed by atoms with Gasteiger partial charge in [-0.3, -0.25) is 9.79 Å². The number of rotatable bonds is 4. The highest BCUT2D eigenvalue weighted by molar-refractivity contribution is 6.27. The van der Waals surface area contributed by atoms with Gasteiger partial charge in [0.2, 0.25) is 0 Å². The third-order valence-corrected chi connectivity index (χ3v) is 3.97. The van der Waals surface area contributed by atoms with E-state index in [0.717, 1.165) is 19.3 Å². The van der Waals surface area contributed by atoms with E-state index in [1.165, 1.54) is 18.7 Å². The van der Waals surface area contributed by atoms with Crippen molar-refractivity contribution in [3.05, 3.63) is 29.6 Å². The van der Waals surface area contributed by atoms with E-state index in [1.54, 1.807) is 6.07 Å². The lowest BCUT2D eigenvalue weighted by Crippen LogP contribution is -2.27. The molecule has 2 atom stereocenters. The van der Waals surface area contributed by atoms with Gasteiger partial charge in [0.05, 0.1) is 23.0 Å². The van der Waals surface area contributed by atoms with Gasteiger partial charge in [0, 0.05) is 12.3 Å². The van der Waals surface area contributed by atoms with E-state index in [4.69, 9.17) is 16.5 Å². The highest BCUT2D eigenvalue weighted by Crippen LogP contribution is 2.27. The molecule has 6 nitrogen and oxygen atoms in total. The van der Waals surface area contributed by atoms with E-state index in [9.17, 15) is 9.90 Å². The lowest BCUT2D eigenvalue weighted by atomic mass is 9.86. The van der Waals surface area contributed by atoms with Crippen LogP contribution in [0.25, 0.3) is 0 Å². The minimum atomic E-state index is -0.631. The third kappa shape index (κ3) is 3.45. The molecule has 0 saturated heterocycles. The zero-order chi connectivity index (χ0) is 15.4. The van der Waals surface area contributed by atoms with Crippen LogP contribution in [0.3, 0.4) is 0 Å². The summed E-state index contributed by atoms with van der Waals surface area (Å²) in [5.74, 6) is -0.173. The Morgan fingerprint density at radius 3 is 2.67 bits per heavy atom. The molecule has 21 heavy (non-hydrogen) atoms. The predicted octanol–water partition coefficient (Wildman–Crippen LogP) is 1.42. The molecule has 6 N–H and O–H groups in total. The number of carbonyl (C=O) groups is 1. The number of aromatic nitrogens is 1. The summed E-state index contributed by atoms with van der Waals surface area (Å²) < 4.78 is 0. The van der Waals surface area contributed by atoms with Crippen molar-refractivity contribution in [2.45, 2.75) is 38.6 Å². The van der Waals surface area contributed by atoms with Crippen LogP contribution >= 0.6 is 0 Å². The number of H-pyrrole nitrogens is 1.